The molecule has 5 nitrogen and oxygen atoms in total. The highest BCUT2D eigenvalue weighted by Gasteiger charge is 2.57. The van der Waals surface area contributed by atoms with Crippen LogP contribution < -0.4 is 0 Å². The van der Waals surface area contributed by atoms with Crippen LogP contribution >= 0.6 is 0 Å². The van der Waals surface area contributed by atoms with E-state index in [2.05, 4.69) is 4.74 Å². The van der Waals surface area contributed by atoms with Crippen molar-refractivity contribution in [3.8, 4) is 0 Å². The minimum absolute atomic E-state index is 0.309. The van der Waals surface area contributed by atoms with Crippen LogP contribution in [0.4, 0.5) is 0 Å². The SMILES string of the molecule is O=C1CC(=O)C2C(=O)OC(=O)C12. The molecule has 1 saturated carbocycles. The first kappa shape index (κ1) is 7.15. The van der Waals surface area contributed by atoms with Gasteiger partial charge in [0.25, 0.3) is 0 Å². The highest BCUT2D eigenvalue weighted by atomic mass is 16.6. The lowest BCUT2D eigenvalue weighted by Gasteiger charge is -1.93. The topological polar surface area (TPSA) is 77.5 Å². The van der Waals surface area contributed by atoms with Crippen molar-refractivity contribution in [3.63, 3.8) is 0 Å². The zero-order valence-electron chi connectivity index (χ0n) is 5.90. The molecule has 2 atom stereocenters. The molecule has 0 aromatic heterocycles. The summed E-state index contributed by atoms with van der Waals surface area (Å²) >= 11 is 0. The van der Waals surface area contributed by atoms with Gasteiger partial charge < -0.3 is 4.74 Å². The predicted molar refractivity (Wildman–Crippen MR) is 32.7 cm³/mol. The van der Waals surface area contributed by atoms with E-state index in [1.165, 1.54) is 0 Å². The fourth-order valence-electron chi connectivity index (χ4n) is 1.52. The van der Waals surface area contributed by atoms with E-state index >= 15 is 0 Å². The Morgan fingerprint density at radius 3 is 1.75 bits per heavy atom. The lowest BCUT2D eigenvalue weighted by molar-refractivity contribution is -0.154. The summed E-state index contributed by atoms with van der Waals surface area (Å²) in [7, 11) is 0. The van der Waals surface area contributed by atoms with Crippen LogP contribution in [-0.4, -0.2) is 23.5 Å². The number of esters is 2. The molecule has 2 unspecified atom stereocenters. The summed E-state index contributed by atoms with van der Waals surface area (Å²) in [6, 6.07) is 0. The third kappa shape index (κ3) is 0.677. The van der Waals surface area contributed by atoms with E-state index in [9.17, 15) is 19.2 Å². The van der Waals surface area contributed by atoms with Gasteiger partial charge in [-0.1, -0.05) is 0 Å². The summed E-state index contributed by atoms with van der Waals surface area (Å²) in [6.07, 6.45) is -0.309. The molecule has 0 bridgehead atoms. The van der Waals surface area contributed by atoms with Crippen LogP contribution in [0.3, 0.4) is 0 Å². The van der Waals surface area contributed by atoms with Gasteiger partial charge in [-0.25, -0.2) is 0 Å². The second kappa shape index (κ2) is 2.00. The van der Waals surface area contributed by atoms with Gasteiger partial charge in [0.1, 0.15) is 11.8 Å². The molecule has 0 N–H and O–H groups in total. The Bertz CT molecular complexity index is 256. The van der Waals surface area contributed by atoms with E-state index in [-0.39, 0.29) is 6.42 Å². The third-order valence-electron chi connectivity index (χ3n) is 2.08. The summed E-state index contributed by atoms with van der Waals surface area (Å²) in [4.78, 5) is 43.5. The van der Waals surface area contributed by atoms with Crippen LogP contribution in [0.2, 0.25) is 0 Å². The normalized spacial score (nSPS) is 34.0. The number of fused-ring (bicyclic) bond motifs is 1. The van der Waals surface area contributed by atoms with Gasteiger partial charge in [0.2, 0.25) is 0 Å². The Morgan fingerprint density at radius 1 is 0.917 bits per heavy atom. The molecule has 0 radical (unpaired) electrons. The van der Waals surface area contributed by atoms with Gasteiger partial charge in [0.05, 0.1) is 6.42 Å². The maximum Gasteiger partial charge on any atom is 0.325 e. The Hall–Kier alpha value is -1.52. The summed E-state index contributed by atoms with van der Waals surface area (Å²) in [6.45, 7) is 0. The van der Waals surface area contributed by atoms with Gasteiger partial charge in [-0.15, -0.1) is 0 Å². The number of hydrogen-bond acceptors (Lipinski definition) is 5. The molecular weight excluding hydrogens is 164 g/mol. The molecule has 62 valence electrons. The van der Waals surface area contributed by atoms with Crippen molar-refractivity contribution in [2.24, 2.45) is 11.8 Å². The second-order valence-electron chi connectivity index (χ2n) is 2.80. The fourth-order valence-corrected chi connectivity index (χ4v) is 1.52. The molecule has 0 aromatic rings. The van der Waals surface area contributed by atoms with Crippen LogP contribution in [0, 0.1) is 11.8 Å². The number of cyclic esters (lactones) is 2. The average molecular weight is 168 g/mol. The average Bonchev–Trinajstić information content (AvgIpc) is 2.38. The highest BCUT2D eigenvalue weighted by molar-refractivity contribution is 6.27. The summed E-state index contributed by atoms with van der Waals surface area (Å²) in [5.74, 6) is -5.02. The van der Waals surface area contributed by atoms with Crippen LogP contribution in [0.25, 0.3) is 0 Å². The van der Waals surface area contributed by atoms with E-state index in [0.717, 1.165) is 0 Å². The second-order valence-corrected chi connectivity index (χ2v) is 2.80. The quantitative estimate of drug-likeness (QED) is 0.337. The number of ether oxygens (including phenoxy) is 1. The Labute approximate surface area is 66.7 Å². The van der Waals surface area contributed by atoms with E-state index in [0.29, 0.717) is 0 Å². The Balaban J connectivity index is 2.45. The molecule has 1 heterocycles. The molecule has 1 aliphatic heterocycles. The standard InChI is InChI=1S/C7H4O5/c8-2-1-3(9)5-4(2)6(10)12-7(5)11/h4-5H,1H2. The van der Waals surface area contributed by atoms with Crippen molar-refractivity contribution in [2.75, 3.05) is 0 Å². The first-order chi connectivity index (χ1) is 5.61. The number of rotatable bonds is 0. The van der Waals surface area contributed by atoms with E-state index < -0.39 is 35.3 Å². The maximum absolute atomic E-state index is 10.9. The minimum atomic E-state index is -1.13. The molecule has 2 aliphatic rings. The lowest BCUT2D eigenvalue weighted by Crippen LogP contribution is -2.19. The van der Waals surface area contributed by atoms with Gasteiger partial charge in [-0.2, -0.15) is 0 Å². The van der Waals surface area contributed by atoms with Crippen molar-refractivity contribution >= 4 is 23.5 Å². The zero-order valence-corrected chi connectivity index (χ0v) is 5.90. The van der Waals surface area contributed by atoms with Crippen molar-refractivity contribution in [1.82, 2.24) is 0 Å². The lowest BCUT2D eigenvalue weighted by atomic mass is 9.98. The molecule has 12 heavy (non-hydrogen) atoms. The van der Waals surface area contributed by atoms with Gasteiger partial charge in [-0.3, -0.25) is 19.2 Å². The number of carbonyl (C=O) groups excluding carboxylic acids is 4. The van der Waals surface area contributed by atoms with Gasteiger partial charge in [-0.05, 0) is 0 Å². The molecule has 2 rings (SSSR count). The molecular formula is C7H4O5. The van der Waals surface area contributed by atoms with E-state index in [1.54, 1.807) is 0 Å². The summed E-state index contributed by atoms with van der Waals surface area (Å²) < 4.78 is 4.15. The van der Waals surface area contributed by atoms with Crippen LogP contribution in [0.15, 0.2) is 0 Å². The van der Waals surface area contributed by atoms with Crippen LogP contribution in [-0.2, 0) is 23.9 Å². The van der Waals surface area contributed by atoms with Crippen molar-refractivity contribution in [1.29, 1.82) is 0 Å². The first-order valence-corrected chi connectivity index (χ1v) is 3.42. The Morgan fingerprint density at radius 2 is 1.33 bits per heavy atom. The summed E-state index contributed by atoms with van der Waals surface area (Å²) in [5, 5.41) is 0. The Kier molecular flexibility index (Phi) is 1.19. The van der Waals surface area contributed by atoms with Crippen molar-refractivity contribution in [2.45, 2.75) is 6.42 Å². The van der Waals surface area contributed by atoms with E-state index in [4.69, 9.17) is 0 Å². The molecule has 1 aliphatic carbocycles. The number of carbonyl (C=O) groups is 4. The third-order valence-corrected chi connectivity index (χ3v) is 2.08. The number of Topliss-reactive ketones (excluding diaryl/α,β-unsaturated/α-hetero) is 2. The molecule has 0 spiro atoms. The van der Waals surface area contributed by atoms with Gasteiger partial charge in [0, 0.05) is 0 Å². The van der Waals surface area contributed by atoms with Gasteiger partial charge in [0.15, 0.2) is 11.6 Å². The zero-order chi connectivity index (χ0) is 8.88. The van der Waals surface area contributed by atoms with Crippen LogP contribution in [0.1, 0.15) is 6.42 Å². The first-order valence-electron chi connectivity index (χ1n) is 3.42. The monoisotopic (exact) mass is 168 g/mol. The smallest absolute Gasteiger partial charge is 0.325 e. The maximum atomic E-state index is 10.9. The highest BCUT2D eigenvalue weighted by Crippen LogP contribution is 2.33. The molecule has 5 heteroatoms. The predicted octanol–water partition coefficient (Wildman–Crippen LogP) is -1.16. The van der Waals surface area contributed by atoms with Crippen molar-refractivity contribution < 1.29 is 23.9 Å². The van der Waals surface area contributed by atoms with E-state index in [1.807, 2.05) is 0 Å². The van der Waals surface area contributed by atoms with Gasteiger partial charge >= 0.3 is 11.9 Å². The number of hydrogen-bond donors (Lipinski definition) is 0. The largest absolute Gasteiger partial charge is 0.392 e. The summed E-state index contributed by atoms with van der Waals surface area (Å²) in [5.41, 5.74) is 0. The number of ketones is 2. The molecule has 1 saturated heterocycles. The minimum Gasteiger partial charge on any atom is -0.392 e. The van der Waals surface area contributed by atoms with Crippen LogP contribution in [0.5, 0.6) is 0 Å². The molecule has 2 fully saturated rings. The van der Waals surface area contributed by atoms with Crippen molar-refractivity contribution in [3.05, 3.63) is 0 Å². The molecule has 0 aromatic carbocycles. The fraction of sp³-hybridized carbons (Fsp3) is 0.429. The molecule has 0 amide bonds.